The van der Waals surface area contributed by atoms with Gasteiger partial charge in [-0.2, -0.15) is 18.3 Å². The Morgan fingerprint density at radius 2 is 2.00 bits per heavy atom. The SMILES string of the molecule is Cc1cc(C(F)(F)F)nn1CC(=O)NN(C(N)=S)c1ccc(Cl)cc1. The number of carbonyl (C=O) groups is 1. The Morgan fingerprint density at radius 3 is 2.48 bits per heavy atom. The van der Waals surface area contributed by atoms with E-state index in [0.717, 1.165) is 15.8 Å². The lowest BCUT2D eigenvalue weighted by atomic mass is 10.3. The van der Waals surface area contributed by atoms with Crippen LogP contribution in [0.25, 0.3) is 0 Å². The summed E-state index contributed by atoms with van der Waals surface area (Å²) >= 11 is 10.7. The van der Waals surface area contributed by atoms with Crippen molar-refractivity contribution in [1.29, 1.82) is 0 Å². The van der Waals surface area contributed by atoms with E-state index in [1.807, 2.05) is 0 Å². The van der Waals surface area contributed by atoms with Crippen molar-refractivity contribution in [3.63, 3.8) is 0 Å². The number of hydrogen-bond acceptors (Lipinski definition) is 3. The third kappa shape index (κ3) is 4.83. The second-order valence-electron chi connectivity index (χ2n) is 5.01. The molecule has 0 bridgehead atoms. The number of aryl methyl sites for hydroxylation is 1. The van der Waals surface area contributed by atoms with Crippen LogP contribution in [0.3, 0.4) is 0 Å². The summed E-state index contributed by atoms with van der Waals surface area (Å²) in [6.45, 7) is 0.981. The molecule has 0 atom stereocenters. The molecule has 3 N–H and O–H groups in total. The lowest BCUT2D eigenvalue weighted by molar-refractivity contribution is -0.141. The Bertz CT molecular complexity index is 791. The van der Waals surface area contributed by atoms with Crippen molar-refractivity contribution in [3.8, 4) is 0 Å². The number of benzene rings is 1. The molecule has 134 valence electrons. The number of alkyl halides is 3. The van der Waals surface area contributed by atoms with E-state index in [0.29, 0.717) is 10.7 Å². The fraction of sp³-hybridized carbons (Fsp3) is 0.214. The number of thiocarbonyl (C=S) groups is 1. The highest BCUT2D eigenvalue weighted by Gasteiger charge is 2.34. The summed E-state index contributed by atoms with van der Waals surface area (Å²) in [5.74, 6) is -0.650. The van der Waals surface area contributed by atoms with Crippen LogP contribution >= 0.6 is 23.8 Å². The van der Waals surface area contributed by atoms with Crippen LogP contribution in [-0.4, -0.2) is 20.8 Å². The highest BCUT2D eigenvalue weighted by atomic mass is 35.5. The van der Waals surface area contributed by atoms with Crippen LogP contribution in [0.15, 0.2) is 30.3 Å². The molecule has 0 radical (unpaired) electrons. The minimum Gasteiger partial charge on any atom is -0.374 e. The van der Waals surface area contributed by atoms with Gasteiger partial charge in [0.25, 0.3) is 5.91 Å². The molecule has 2 aromatic rings. The maximum atomic E-state index is 12.7. The number of nitrogens with zero attached hydrogens (tertiary/aromatic N) is 3. The van der Waals surface area contributed by atoms with Gasteiger partial charge in [-0.15, -0.1) is 0 Å². The molecule has 11 heteroatoms. The Labute approximate surface area is 151 Å². The average Bonchev–Trinajstić information content (AvgIpc) is 2.87. The molecule has 25 heavy (non-hydrogen) atoms. The maximum Gasteiger partial charge on any atom is 0.435 e. The third-order valence-electron chi connectivity index (χ3n) is 3.11. The Morgan fingerprint density at radius 1 is 1.40 bits per heavy atom. The molecule has 1 amide bonds. The number of aromatic nitrogens is 2. The highest BCUT2D eigenvalue weighted by molar-refractivity contribution is 7.80. The molecule has 0 saturated heterocycles. The normalized spacial score (nSPS) is 11.2. The van der Waals surface area contributed by atoms with Gasteiger partial charge in [-0.3, -0.25) is 14.9 Å². The van der Waals surface area contributed by atoms with Gasteiger partial charge in [0.15, 0.2) is 10.8 Å². The molecule has 1 aromatic heterocycles. The van der Waals surface area contributed by atoms with Crippen LogP contribution in [-0.2, 0) is 17.5 Å². The van der Waals surface area contributed by atoms with Crippen molar-refractivity contribution in [2.24, 2.45) is 5.73 Å². The molecule has 0 aliphatic heterocycles. The number of hydrazine groups is 1. The van der Waals surface area contributed by atoms with E-state index in [1.54, 1.807) is 24.3 Å². The van der Waals surface area contributed by atoms with Gasteiger partial charge in [-0.05, 0) is 49.5 Å². The second-order valence-corrected chi connectivity index (χ2v) is 5.87. The van der Waals surface area contributed by atoms with Gasteiger partial charge in [-0.25, -0.2) is 5.01 Å². The molecule has 2 rings (SSSR count). The molecule has 0 aliphatic rings. The number of halogens is 4. The molecule has 0 fully saturated rings. The fourth-order valence-corrected chi connectivity index (χ4v) is 2.22. The van der Waals surface area contributed by atoms with E-state index in [2.05, 4.69) is 10.5 Å². The molecule has 0 aliphatic carbocycles. The molecule has 0 unspecified atom stereocenters. The van der Waals surface area contributed by atoms with Crippen molar-refractivity contribution in [2.45, 2.75) is 19.6 Å². The van der Waals surface area contributed by atoms with Crippen molar-refractivity contribution in [2.75, 3.05) is 5.01 Å². The van der Waals surface area contributed by atoms with E-state index in [4.69, 9.17) is 29.6 Å². The number of hydrogen-bond donors (Lipinski definition) is 2. The molecule has 1 heterocycles. The zero-order valence-electron chi connectivity index (χ0n) is 12.8. The molecule has 1 aromatic carbocycles. The first-order valence-corrected chi connectivity index (χ1v) is 7.63. The average molecular weight is 392 g/mol. The van der Waals surface area contributed by atoms with Crippen molar-refractivity contribution < 1.29 is 18.0 Å². The first kappa shape index (κ1) is 19.0. The van der Waals surface area contributed by atoms with Gasteiger partial charge in [0.2, 0.25) is 0 Å². The Hall–Kier alpha value is -2.33. The lowest BCUT2D eigenvalue weighted by Crippen LogP contribution is -2.50. The third-order valence-corrected chi connectivity index (χ3v) is 3.54. The number of carbonyl (C=O) groups excluding carboxylic acids is 1. The highest BCUT2D eigenvalue weighted by Crippen LogP contribution is 2.28. The smallest absolute Gasteiger partial charge is 0.374 e. The largest absolute Gasteiger partial charge is 0.435 e. The minimum atomic E-state index is -4.58. The number of anilines is 1. The quantitative estimate of drug-likeness (QED) is 0.621. The first-order valence-electron chi connectivity index (χ1n) is 6.84. The number of amides is 1. The van der Waals surface area contributed by atoms with Crippen LogP contribution < -0.4 is 16.2 Å². The Balaban J connectivity index is 2.13. The minimum absolute atomic E-state index is 0.149. The number of nitrogens with one attached hydrogen (secondary N) is 1. The van der Waals surface area contributed by atoms with E-state index in [1.165, 1.54) is 6.92 Å². The van der Waals surface area contributed by atoms with Gasteiger partial charge in [0.1, 0.15) is 6.54 Å². The second kappa shape index (κ2) is 7.28. The summed E-state index contributed by atoms with van der Waals surface area (Å²) in [5, 5.41) is 4.84. The summed E-state index contributed by atoms with van der Waals surface area (Å²) in [7, 11) is 0. The van der Waals surface area contributed by atoms with Gasteiger partial charge in [0.05, 0.1) is 5.69 Å². The van der Waals surface area contributed by atoms with Gasteiger partial charge in [-0.1, -0.05) is 11.6 Å². The standard InChI is InChI=1S/C14H13ClF3N5OS/c1-8-6-11(14(16,17)18)20-22(8)7-12(24)21-23(13(19)25)10-4-2-9(15)3-5-10/h2-6H,7H2,1H3,(H2,19,25)(H,21,24). The zero-order valence-corrected chi connectivity index (χ0v) is 14.4. The molecule has 0 spiro atoms. The first-order chi connectivity index (χ1) is 11.6. The van der Waals surface area contributed by atoms with E-state index in [9.17, 15) is 18.0 Å². The predicted molar refractivity (Wildman–Crippen MR) is 90.8 cm³/mol. The fourth-order valence-electron chi connectivity index (χ4n) is 1.94. The van der Waals surface area contributed by atoms with Gasteiger partial charge in [0, 0.05) is 10.7 Å². The van der Waals surface area contributed by atoms with Crippen molar-refractivity contribution >= 4 is 40.5 Å². The predicted octanol–water partition coefficient (Wildman–Crippen LogP) is 2.65. The maximum absolute atomic E-state index is 12.7. The van der Waals surface area contributed by atoms with Crippen LogP contribution in [0.2, 0.25) is 5.02 Å². The van der Waals surface area contributed by atoms with Crippen molar-refractivity contribution in [1.82, 2.24) is 15.2 Å². The summed E-state index contributed by atoms with van der Waals surface area (Å²) < 4.78 is 38.9. The van der Waals surface area contributed by atoms with Crippen LogP contribution in [0.4, 0.5) is 18.9 Å². The van der Waals surface area contributed by atoms with Crippen LogP contribution in [0.1, 0.15) is 11.4 Å². The molecule has 6 nitrogen and oxygen atoms in total. The molecular formula is C14H13ClF3N5OS. The van der Waals surface area contributed by atoms with Crippen molar-refractivity contribution in [3.05, 3.63) is 46.7 Å². The van der Waals surface area contributed by atoms with E-state index in [-0.39, 0.29) is 10.8 Å². The van der Waals surface area contributed by atoms with E-state index >= 15 is 0 Å². The van der Waals surface area contributed by atoms with E-state index < -0.39 is 24.3 Å². The Kier molecular flexibility index (Phi) is 5.53. The zero-order chi connectivity index (χ0) is 18.8. The number of nitrogens with two attached hydrogens (primary N) is 1. The topological polar surface area (TPSA) is 76.2 Å². The monoisotopic (exact) mass is 391 g/mol. The van der Waals surface area contributed by atoms with Crippen LogP contribution in [0.5, 0.6) is 0 Å². The van der Waals surface area contributed by atoms with Gasteiger partial charge >= 0.3 is 6.18 Å². The molecule has 0 saturated carbocycles. The number of rotatable bonds is 3. The summed E-state index contributed by atoms with van der Waals surface area (Å²) in [4.78, 5) is 12.1. The lowest BCUT2D eigenvalue weighted by Gasteiger charge is -2.23. The van der Waals surface area contributed by atoms with Crippen LogP contribution in [0, 0.1) is 6.92 Å². The summed E-state index contributed by atoms with van der Waals surface area (Å²) in [5.41, 5.74) is 7.56. The molecular weight excluding hydrogens is 379 g/mol. The summed E-state index contributed by atoms with van der Waals surface area (Å²) in [6.07, 6.45) is -4.58. The summed E-state index contributed by atoms with van der Waals surface area (Å²) in [6, 6.07) is 7.15. The van der Waals surface area contributed by atoms with Gasteiger partial charge < -0.3 is 5.73 Å².